The van der Waals surface area contributed by atoms with Crippen molar-refractivity contribution >= 4 is 23.2 Å². The summed E-state index contributed by atoms with van der Waals surface area (Å²) in [5.41, 5.74) is 5.02. The second kappa shape index (κ2) is 9.10. The van der Waals surface area contributed by atoms with Gasteiger partial charge in [-0.2, -0.15) is 18.3 Å². The third kappa shape index (κ3) is 4.82. The van der Waals surface area contributed by atoms with Crippen molar-refractivity contribution in [2.24, 2.45) is 11.8 Å². The Morgan fingerprint density at radius 3 is 2.54 bits per heavy atom. The molecule has 0 unspecified atom stereocenters. The number of carboxylic acids is 1. The van der Waals surface area contributed by atoms with Crippen LogP contribution in [-0.2, 0) is 17.8 Å². The molecule has 6 rings (SSSR count). The van der Waals surface area contributed by atoms with Gasteiger partial charge in [0.1, 0.15) is 0 Å². The Morgan fingerprint density at radius 2 is 1.94 bits per heavy atom. The number of pyridine rings is 1. The van der Waals surface area contributed by atoms with Gasteiger partial charge in [0.15, 0.2) is 0 Å². The van der Waals surface area contributed by atoms with Gasteiger partial charge in [-0.1, -0.05) is 6.07 Å². The molecule has 7 nitrogen and oxygen atoms in total. The van der Waals surface area contributed by atoms with E-state index in [-0.39, 0.29) is 5.91 Å². The molecule has 1 N–H and O–H groups in total. The van der Waals surface area contributed by atoms with E-state index in [9.17, 15) is 18.0 Å². The Labute approximate surface area is 203 Å². The topological polar surface area (TPSA) is 88.3 Å². The first kappa shape index (κ1) is 23.5. The van der Waals surface area contributed by atoms with E-state index in [0.717, 1.165) is 42.4 Å². The van der Waals surface area contributed by atoms with Gasteiger partial charge in [0.05, 0.1) is 16.3 Å². The fourth-order valence-electron chi connectivity index (χ4n) is 4.93. The van der Waals surface area contributed by atoms with Gasteiger partial charge >= 0.3 is 12.1 Å². The average molecular weight is 505 g/mol. The van der Waals surface area contributed by atoms with Crippen LogP contribution in [0.4, 0.5) is 13.2 Å². The van der Waals surface area contributed by atoms with E-state index in [1.165, 1.54) is 41.1 Å². The number of alkyl halides is 3. The highest BCUT2D eigenvalue weighted by atomic mass is 32.1. The van der Waals surface area contributed by atoms with Crippen LogP contribution < -0.4 is 0 Å². The molecule has 3 aromatic heterocycles. The lowest BCUT2D eigenvalue weighted by atomic mass is 9.94. The van der Waals surface area contributed by atoms with Gasteiger partial charge < -0.3 is 10.0 Å². The second-order valence-corrected chi connectivity index (χ2v) is 10.1. The molecule has 3 aliphatic rings. The lowest BCUT2D eigenvalue weighted by Crippen LogP contribution is -2.28. The highest BCUT2D eigenvalue weighted by Crippen LogP contribution is 2.48. The first-order valence-corrected chi connectivity index (χ1v) is 12.2. The number of hydrogen-bond donors (Lipinski definition) is 1. The molecule has 0 bridgehead atoms. The van der Waals surface area contributed by atoms with E-state index in [1.807, 2.05) is 36.0 Å². The Morgan fingerprint density at radius 1 is 1.17 bits per heavy atom. The van der Waals surface area contributed by atoms with Gasteiger partial charge in [-0.05, 0) is 54.7 Å². The highest BCUT2D eigenvalue weighted by Gasteiger charge is 2.46. The van der Waals surface area contributed by atoms with Gasteiger partial charge in [-0.3, -0.25) is 14.5 Å². The molecular formula is C24H23F3N4O3S. The van der Waals surface area contributed by atoms with Crippen molar-refractivity contribution in [2.45, 2.75) is 37.9 Å². The minimum Gasteiger partial charge on any atom is -0.475 e. The smallest absolute Gasteiger partial charge is 0.475 e. The maximum Gasteiger partial charge on any atom is 0.490 e. The van der Waals surface area contributed by atoms with Crippen molar-refractivity contribution in [2.75, 3.05) is 13.1 Å². The molecule has 4 heterocycles. The van der Waals surface area contributed by atoms with Crippen LogP contribution in [0.15, 0.2) is 42.0 Å². The first-order chi connectivity index (χ1) is 16.7. The van der Waals surface area contributed by atoms with E-state index >= 15 is 0 Å². The van der Waals surface area contributed by atoms with Crippen molar-refractivity contribution in [3.8, 4) is 11.3 Å². The molecule has 2 fully saturated rings. The van der Waals surface area contributed by atoms with E-state index in [0.29, 0.717) is 11.8 Å². The number of carbonyl (C=O) groups is 2. The van der Waals surface area contributed by atoms with E-state index in [1.54, 1.807) is 0 Å². The average Bonchev–Trinajstić information content (AvgIpc) is 3.17. The SMILES string of the molecule is O=C(O)C(F)(F)F.O=C(c1cccs1)N1C[C@H]2Cc3nn(CC4CC4)c(-c4cccnc4)c3[C@H]2C1. The minimum absolute atomic E-state index is 0.180. The van der Waals surface area contributed by atoms with Crippen molar-refractivity contribution in [1.82, 2.24) is 19.7 Å². The highest BCUT2D eigenvalue weighted by molar-refractivity contribution is 7.12. The molecule has 11 heteroatoms. The van der Waals surface area contributed by atoms with Gasteiger partial charge in [-0.15, -0.1) is 11.3 Å². The molecule has 2 aliphatic carbocycles. The largest absolute Gasteiger partial charge is 0.490 e. The Bertz CT molecular complexity index is 1220. The van der Waals surface area contributed by atoms with Crippen LogP contribution in [0.5, 0.6) is 0 Å². The van der Waals surface area contributed by atoms with Crippen molar-refractivity contribution in [1.29, 1.82) is 0 Å². The normalized spacial score (nSPS) is 20.7. The molecule has 184 valence electrons. The van der Waals surface area contributed by atoms with E-state index in [4.69, 9.17) is 15.0 Å². The van der Waals surface area contributed by atoms with Crippen molar-refractivity contribution < 1.29 is 27.9 Å². The van der Waals surface area contributed by atoms with Gasteiger partial charge in [0.25, 0.3) is 5.91 Å². The molecule has 0 spiro atoms. The zero-order valence-electron chi connectivity index (χ0n) is 18.6. The summed E-state index contributed by atoms with van der Waals surface area (Å²) in [5.74, 6) is -0.923. The number of likely N-dealkylation sites (tertiary alicyclic amines) is 1. The molecular weight excluding hydrogens is 481 g/mol. The van der Waals surface area contributed by atoms with Gasteiger partial charge in [-0.25, -0.2) is 4.79 Å². The number of halogens is 3. The molecule has 35 heavy (non-hydrogen) atoms. The summed E-state index contributed by atoms with van der Waals surface area (Å²) in [4.78, 5) is 29.0. The summed E-state index contributed by atoms with van der Waals surface area (Å²) in [6.07, 6.45) is 2.31. The monoisotopic (exact) mass is 504 g/mol. The maximum atomic E-state index is 12.9. The van der Waals surface area contributed by atoms with Crippen molar-refractivity contribution in [3.63, 3.8) is 0 Å². The number of aromatic nitrogens is 3. The number of rotatable bonds is 4. The predicted molar refractivity (Wildman–Crippen MR) is 122 cm³/mol. The second-order valence-electron chi connectivity index (χ2n) is 9.14. The number of hydrogen-bond acceptors (Lipinski definition) is 5. The quantitative estimate of drug-likeness (QED) is 0.567. The van der Waals surface area contributed by atoms with Crippen LogP contribution >= 0.6 is 11.3 Å². The molecule has 0 aromatic carbocycles. The summed E-state index contributed by atoms with van der Waals surface area (Å²) >= 11 is 1.53. The molecule has 0 radical (unpaired) electrons. The molecule has 1 saturated heterocycles. The Kier molecular flexibility index (Phi) is 6.12. The Hall–Kier alpha value is -3.21. The van der Waals surface area contributed by atoms with E-state index < -0.39 is 12.1 Å². The summed E-state index contributed by atoms with van der Waals surface area (Å²) in [5, 5.41) is 14.1. The lowest BCUT2D eigenvalue weighted by Gasteiger charge is -2.16. The number of nitrogens with zero attached hydrogens (tertiary/aromatic N) is 4. The van der Waals surface area contributed by atoms with Gasteiger partial charge in [0.2, 0.25) is 0 Å². The molecule has 2 atom stereocenters. The molecule has 1 saturated carbocycles. The van der Waals surface area contributed by atoms with Crippen LogP contribution in [0.2, 0.25) is 0 Å². The molecule has 1 aliphatic heterocycles. The van der Waals surface area contributed by atoms with Crippen LogP contribution in [0.25, 0.3) is 11.3 Å². The van der Waals surface area contributed by atoms with E-state index in [2.05, 4.69) is 20.6 Å². The number of amides is 1. The number of thiophene rings is 1. The first-order valence-electron chi connectivity index (χ1n) is 11.3. The van der Waals surface area contributed by atoms with Crippen LogP contribution in [0, 0.1) is 11.8 Å². The number of carboxylic acid groups (broad SMARTS) is 1. The lowest BCUT2D eigenvalue weighted by molar-refractivity contribution is -0.192. The summed E-state index contributed by atoms with van der Waals surface area (Å²) < 4.78 is 34.0. The molecule has 1 amide bonds. The summed E-state index contributed by atoms with van der Waals surface area (Å²) in [7, 11) is 0. The van der Waals surface area contributed by atoms with Crippen LogP contribution in [0.1, 0.15) is 39.7 Å². The van der Waals surface area contributed by atoms with Gasteiger partial charge in [0, 0.05) is 49.1 Å². The summed E-state index contributed by atoms with van der Waals surface area (Å²) in [6, 6.07) is 8.03. The number of carbonyl (C=O) groups excluding carboxylic acids is 1. The number of aliphatic carboxylic acids is 1. The fraction of sp³-hybridized carbons (Fsp3) is 0.417. The van der Waals surface area contributed by atoms with Crippen LogP contribution in [-0.4, -0.2) is 55.9 Å². The third-order valence-corrected chi connectivity index (χ3v) is 7.52. The van der Waals surface area contributed by atoms with Crippen LogP contribution in [0.3, 0.4) is 0 Å². The predicted octanol–water partition coefficient (Wildman–Crippen LogP) is 4.46. The summed E-state index contributed by atoms with van der Waals surface area (Å²) in [6.45, 7) is 2.65. The minimum atomic E-state index is -5.08. The molecule has 3 aromatic rings. The number of fused-ring (bicyclic) bond motifs is 3. The fourth-order valence-corrected chi connectivity index (χ4v) is 5.62. The standard InChI is InChI=1S/C22H22N4OS.C2HF3O2/c27-22(19-4-2-8-28-19)25-12-16-9-18-20(17(16)13-25)21(15-3-1-7-23-10-15)26(24-18)11-14-5-6-14;3-2(4,5)1(6)7/h1-4,7-8,10,14,16-17H,5-6,9,11-13H2;(H,6,7)/t16-,17+;/m1./s1. The zero-order chi connectivity index (χ0) is 24.7. The zero-order valence-corrected chi connectivity index (χ0v) is 19.4. The van der Waals surface area contributed by atoms with Crippen molar-refractivity contribution in [3.05, 3.63) is 58.2 Å². The third-order valence-electron chi connectivity index (χ3n) is 6.66. The Balaban J connectivity index is 0.000000320. The maximum absolute atomic E-state index is 12.9.